The number of nitrogens with zero attached hydrogens (tertiary/aromatic N) is 1. The monoisotopic (exact) mass is 356 g/mol. The van der Waals surface area contributed by atoms with E-state index in [9.17, 15) is 4.79 Å². The molecule has 1 heterocycles. The van der Waals surface area contributed by atoms with Crippen LogP contribution in [0.15, 0.2) is 16.6 Å². The second-order valence-electron chi connectivity index (χ2n) is 5.07. The molecule has 6 heteroatoms. The molecule has 1 aliphatic heterocycles. The van der Waals surface area contributed by atoms with E-state index in [1.165, 1.54) is 0 Å². The predicted molar refractivity (Wildman–Crippen MR) is 85.2 cm³/mol. The van der Waals surface area contributed by atoms with Crippen LogP contribution in [0.2, 0.25) is 0 Å². The zero-order valence-corrected chi connectivity index (χ0v) is 14.2. The van der Waals surface area contributed by atoms with Crippen LogP contribution in [0.5, 0.6) is 11.5 Å². The van der Waals surface area contributed by atoms with Gasteiger partial charge in [0.25, 0.3) is 5.91 Å². The summed E-state index contributed by atoms with van der Waals surface area (Å²) in [4.78, 5) is 14.6. The van der Waals surface area contributed by atoms with Gasteiger partial charge in [0, 0.05) is 24.7 Å². The van der Waals surface area contributed by atoms with Gasteiger partial charge < -0.3 is 19.7 Å². The van der Waals surface area contributed by atoms with Crippen LogP contribution >= 0.6 is 15.9 Å². The van der Waals surface area contributed by atoms with Crippen molar-refractivity contribution in [3.8, 4) is 11.5 Å². The number of likely N-dealkylation sites (N-methyl/N-ethyl adjacent to an activating group) is 1. The van der Waals surface area contributed by atoms with E-state index in [-0.39, 0.29) is 5.91 Å². The molecule has 2 rings (SSSR count). The number of carbonyl (C=O) groups is 1. The van der Waals surface area contributed by atoms with E-state index in [0.29, 0.717) is 23.1 Å². The molecule has 0 saturated carbocycles. The van der Waals surface area contributed by atoms with Gasteiger partial charge in [-0.25, -0.2) is 0 Å². The van der Waals surface area contributed by atoms with Crippen LogP contribution in [0.25, 0.3) is 0 Å². The molecule has 116 valence electrons. The van der Waals surface area contributed by atoms with Gasteiger partial charge in [0.15, 0.2) is 0 Å². The third-order valence-corrected chi connectivity index (χ3v) is 4.59. The number of carbonyl (C=O) groups excluding carboxylic acids is 1. The first kappa shape index (κ1) is 16.1. The van der Waals surface area contributed by atoms with Crippen molar-refractivity contribution in [3.63, 3.8) is 0 Å². The van der Waals surface area contributed by atoms with Crippen LogP contribution in [-0.4, -0.2) is 51.2 Å². The first-order valence-electron chi connectivity index (χ1n) is 6.98. The van der Waals surface area contributed by atoms with Crippen LogP contribution < -0.4 is 14.8 Å². The van der Waals surface area contributed by atoms with Gasteiger partial charge >= 0.3 is 0 Å². The number of amides is 1. The van der Waals surface area contributed by atoms with Gasteiger partial charge in [0.1, 0.15) is 16.0 Å². The lowest BCUT2D eigenvalue weighted by Crippen LogP contribution is -2.46. The number of hydrogen-bond acceptors (Lipinski definition) is 4. The normalized spacial score (nSPS) is 18.5. The van der Waals surface area contributed by atoms with Crippen molar-refractivity contribution in [2.24, 2.45) is 0 Å². The van der Waals surface area contributed by atoms with E-state index in [1.807, 2.05) is 11.9 Å². The minimum atomic E-state index is 0.0130. The zero-order valence-electron chi connectivity index (χ0n) is 12.6. The third-order valence-electron chi connectivity index (χ3n) is 3.81. The van der Waals surface area contributed by atoms with Crippen LogP contribution in [0, 0.1) is 0 Å². The Morgan fingerprint density at radius 3 is 2.48 bits per heavy atom. The molecule has 0 spiro atoms. The van der Waals surface area contributed by atoms with Crippen LogP contribution in [0.4, 0.5) is 0 Å². The number of nitrogens with one attached hydrogen (secondary N) is 1. The maximum absolute atomic E-state index is 12.7. The summed E-state index contributed by atoms with van der Waals surface area (Å²) in [6, 6.07) is 3.86. The van der Waals surface area contributed by atoms with Gasteiger partial charge in [-0.2, -0.15) is 0 Å². The third kappa shape index (κ3) is 3.49. The number of hydrogen-bond donors (Lipinski definition) is 1. The van der Waals surface area contributed by atoms with E-state index >= 15 is 0 Å². The summed E-state index contributed by atoms with van der Waals surface area (Å²) >= 11 is 3.42. The van der Waals surface area contributed by atoms with Crippen LogP contribution in [0.3, 0.4) is 0 Å². The molecule has 0 bridgehead atoms. The van der Waals surface area contributed by atoms with Crippen molar-refractivity contribution >= 4 is 21.8 Å². The molecule has 1 aromatic carbocycles. The Morgan fingerprint density at radius 1 is 1.33 bits per heavy atom. The summed E-state index contributed by atoms with van der Waals surface area (Å²) in [5, 5.41) is 3.24. The van der Waals surface area contributed by atoms with Gasteiger partial charge in [-0.1, -0.05) is 0 Å². The fourth-order valence-corrected chi connectivity index (χ4v) is 3.13. The van der Waals surface area contributed by atoms with Gasteiger partial charge in [-0.15, -0.1) is 0 Å². The fourth-order valence-electron chi connectivity index (χ4n) is 2.57. The Hall–Kier alpha value is -1.27. The summed E-state index contributed by atoms with van der Waals surface area (Å²) in [6.07, 6.45) is 2.12. The highest BCUT2D eigenvalue weighted by Crippen LogP contribution is 2.36. The quantitative estimate of drug-likeness (QED) is 0.899. The SMILES string of the molecule is CNC1CCCN(C(=O)c2cc(OC)c(Br)c(OC)c2)C1. The molecule has 1 atom stereocenters. The summed E-state index contributed by atoms with van der Waals surface area (Å²) in [5.74, 6) is 1.21. The molecule has 0 aliphatic carbocycles. The smallest absolute Gasteiger partial charge is 0.254 e. The molecule has 21 heavy (non-hydrogen) atoms. The van der Waals surface area contributed by atoms with Crippen molar-refractivity contribution in [1.82, 2.24) is 10.2 Å². The highest BCUT2D eigenvalue weighted by molar-refractivity contribution is 9.10. The minimum absolute atomic E-state index is 0.0130. The minimum Gasteiger partial charge on any atom is -0.495 e. The van der Waals surface area contributed by atoms with Crippen LogP contribution in [0.1, 0.15) is 23.2 Å². The molecular formula is C15H21BrN2O3. The van der Waals surface area contributed by atoms with Crippen molar-refractivity contribution < 1.29 is 14.3 Å². The maximum Gasteiger partial charge on any atom is 0.254 e. The van der Waals surface area contributed by atoms with Gasteiger partial charge in [-0.05, 0) is 48.0 Å². The van der Waals surface area contributed by atoms with Crippen molar-refractivity contribution in [1.29, 1.82) is 0 Å². The van der Waals surface area contributed by atoms with Crippen LogP contribution in [-0.2, 0) is 0 Å². The molecule has 1 amide bonds. The lowest BCUT2D eigenvalue weighted by atomic mass is 10.0. The van der Waals surface area contributed by atoms with E-state index < -0.39 is 0 Å². The second kappa shape index (κ2) is 7.13. The van der Waals surface area contributed by atoms with Gasteiger partial charge in [-0.3, -0.25) is 4.79 Å². The number of halogens is 1. The first-order valence-corrected chi connectivity index (χ1v) is 7.78. The van der Waals surface area contributed by atoms with Crippen molar-refractivity contribution in [3.05, 3.63) is 22.2 Å². The van der Waals surface area contributed by atoms with Gasteiger partial charge in [0.05, 0.1) is 14.2 Å². The summed E-state index contributed by atoms with van der Waals surface area (Å²) in [6.45, 7) is 1.52. The molecule has 1 fully saturated rings. The van der Waals surface area contributed by atoms with Crippen molar-refractivity contribution in [2.75, 3.05) is 34.4 Å². The van der Waals surface area contributed by atoms with E-state index in [4.69, 9.17) is 9.47 Å². The maximum atomic E-state index is 12.7. The fraction of sp³-hybridized carbons (Fsp3) is 0.533. The largest absolute Gasteiger partial charge is 0.495 e. The molecule has 0 aromatic heterocycles. The number of likely N-dealkylation sites (tertiary alicyclic amines) is 1. The molecule has 0 radical (unpaired) electrons. The average Bonchev–Trinajstić information content (AvgIpc) is 2.54. The summed E-state index contributed by atoms with van der Waals surface area (Å²) < 4.78 is 11.3. The zero-order chi connectivity index (χ0) is 15.4. The predicted octanol–water partition coefficient (Wildman–Crippen LogP) is 2.29. The highest BCUT2D eigenvalue weighted by Gasteiger charge is 2.25. The summed E-state index contributed by atoms with van der Waals surface area (Å²) in [5.41, 5.74) is 0.587. The Bertz CT molecular complexity index is 497. The van der Waals surface area contributed by atoms with E-state index in [2.05, 4.69) is 21.2 Å². The van der Waals surface area contributed by atoms with E-state index in [0.717, 1.165) is 30.4 Å². The van der Waals surface area contributed by atoms with E-state index in [1.54, 1.807) is 26.4 Å². The topological polar surface area (TPSA) is 50.8 Å². The Balaban J connectivity index is 2.26. The van der Waals surface area contributed by atoms with Crippen molar-refractivity contribution in [2.45, 2.75) is 18.9 Å². The number of benzene rings is 1. The molecule has 1 unspecified atom stereocenters. The number of methoxy groups -OCH3 is 2. The molecular weight excluding hydrogens is 336 g/mol. The summed E-state index contributed by atoms with van der Waals surface area (Å²) in [7, 11) is 5.09. The molecule has 1 aromatic rings. The highest BCUT2D eigenvalue weighted by atomic mass is 79.9. The Kier molecular flexibility index (Phi) is 5.47. The molecule has 1 aliphatic rings. The molecule has 5 nitrogen and oxygen atoms in total. The standard InChI is InChI=1S/C15H21BrN2O3/c1-17-11-5-4-6-18(9-11)15(19)10-7-12(20-2)14(16)13(8-10)21-3/h7-8,11,17H,4-6,9H2,1-3H3. The number of rotatable bonds is 4. The van der Waals surface area contributed by atoms with Gasteiger partial charge in [0.2, 0.25) is 0 Å². The first-order chi connectivity index (χ1) is 10.1. The Morgan fingerprint density at radius 2 is 1.95 bits per heavy atom. The second-order valence-corrected chi connectivity index (χ2v) is 5.87. The Labute approximate surface area is 133 Å². The lowest BCUT2D eigenvalue weighted by molar-refractivity contribution is 0.0697. The lowest BCUT2D eigenvalue weighted by Gasteiger charge is -2.32. The number of ether oxygens (including phenoxy) is 2. The molecule has 1 saturated heterocycles. The number of piperidine rings is 1. The molecule has 1 N–H and O–H groups in total. The average molecular weight is 357 g/mol.